The Labute approximate surface area is 200 Å². The van der Waals surface area contributed by atoms with E-state index in [1.165, 1.54) is 17.2 Å². The van der Waals surface area contributed by atoms with Gasteiger partial charge in [-0.05, 0) is 19.4 Å². The molecule has 3 heterocycles. The fraction of sp³-hybridized carbons (Fsp3) is 0.556. The van der Waals surface area contributed by atoms with E-state index < -0.39 is 46.3 Å². The average Bonchev–Trinajstić information content (AvgIpc) is 3.38. The molecule has 1 aliphatic heterocycles. The zero-order valence-corrected chi connectivity index (χ0v) is 19.4. The van der Waals surface area contributed by atoms with Crippen LogP contribution < -0.4 is 21.9 Å². The molecular formula is C18H27N9O7S. The molecule has 3 atom stereocenters. The van der Waals surface area contributed by atoms with Crippen molar-refractivity contribution in [2.24, 2.45) is 11.5 Å². The number of aliphatic carboxylic acids is 1. The fourth-order valence-corrected chi connectivity index (χ4v) is 4.61. The minimum atomic E-state index is -4.60. The number of hydrogen-bond acceptors (Lipinski definition) is 12. The quantitative estimate of drug-likeness (QED) is 0.192. The second kappa shape index (κ2) is 10.9. The maximum Gasteiger partial charge on any atom is 0.362 e. The minimum absolute atomic E-state index is 0.116. The topological polar surface area (TPSA) is 252 Å². The average molecular weight is 514 g/mol. The van der Waals surface area contributed by atoms with Crippen molar-refractivity contribution in [1.82, 2.24) is 29.1 Å². The van der Waals surface area contributed by atoms with Crippen LogP contribution in [0.5, 0.6) is 0 Å². The van der Waals surface area contributed by atoms with Gasteiger partial charge in [0, 0.05) is 13.0 Å². The Morgan fingerprint density at radius 1 is 1.26 bits per heavy atom. The number of likely N-dealkylation sites (tertiary alicyclic amines) is 1. The van der Waals surface area contributed by atoms with Gasteiger partial charge in [-0.3, -0.25) is 9.59 Å². The lowest BCUT2D eigenvalue weighted by molar-refractivity contribution is -0.148. The molecule has 0 saturated carbocycles. The standard InChI is InChI=1S/C18H27N9O7S/c19-4-2-1-3-11(20)17(29)25-35(32,33)34-10-5-12(18(30)31)27(6-10)13(28)7-26-9-24-14-15(21)22-8-23-16(14)26/h8-12H,1-7,19-20H2,(H,25,29)(H,30,31)(H2,21,22,23)/t10-,11+,12+/m1/s1. The largest absolute Gasteiger partial charge is 0.480 e. The van der Waals surface area contributed by atoms with Crippen molar-refractivity contribution < 1.29 is 32.1 Å². The normalized spacial score (nSPS) is 19.1. The van der Waals surface area contributed by atoms with Crippen molar-refractivity contribution in [3.8, 4) is 0 Å². The van der Waals surface area contributed by atoms with Gasteiger partial charge in [-0.1, -0.05) is 6.42 Å². The Hall–Kier alpha value is -3.41. The number of unbranched alkanes of at least 4 members (excludes halogenated alkanes) is 1. The Morgan fingerprint density at radius 2 is 2.00 bits per heavy atom. The van der Waals surface area contributed by atoms with Crippen molar-refractivity contribution >= 4 is 45.1 Å². The number of nitrogens with zero attached hydrogens (tertiary/aromatic N) is 5. The van der Waals surface area contributed by atoms with Gasteiger partial charge in [-0.15, -0.1) is 0 Å². The zero-order valence-electron chi connectivity index (χ0n) is 18.6. The van der Waals surface area contributed by atoms with E-state index in [1.807, 2.05) is 0 Å². The minimum Gasteiger partial charge on any atom is -0.480 e. The predicted octanol–water partition coefficient (Wildman–Crippen LogP) is -2.70. The smallest absolute Gasteiger partial charge is 0.362 e. The number of amides is 2. The first kappa shape index (κ1) is 26.2. The van der Waals surface area contributed by atoms with Crippen LogP contribution in [0.3, 0.4) is 0 Å². The van der Waals surface area contributed by atoms with Gasteiger partial charge in [0.2, 0.25) is 5.91 Å². The molecule has 8 N–H and O–H groups in total. The van der Waals surface area contributed by atoms with Gasteiger partial charge < -0.3 is 31.8 Å². The molecule has 2 aromatic rings. The number of imidazole rings is 1. The second-order valence-electron chi connectivity index (χ2n) is 7.97. The highest BCUT2D eigenvalue weighted by Gasteiger charge is 2.42. The summed E-state index contributed by atoms with van der Waals surface area (Å²) in [5.74, 6) is -2.82. The number of nitrogens with two attached hydrogens (primary N) is 3. The van der Waals surface area contributed by atoms with Crippen LogP contribution in [0.4, 0.5) is 5.82 Å². The Balaban J connectivity index is 1.65. The number of carboxylic acids is 1. The molecule has 0 aromatic carbocycles. The van der Waals surface area contributed by atoms with Crippen LogP contribution in [0, 0.1) is 0 Å². The summed E-state index contributed by atoms with van der Waals surface area (Å²) in [6, 6.07) is -2.43. The van der Waals surface area contributed by atoms with Crippen molar-refractivity contribution in [3.63, 3.8) is 0 Å². The summed E-state index contributed by atoms with van der Waals surface area (Å²) in [6.45, 7) is -0.252. The number of nitrogens with one attached hydrogen (secondary N) is 1. The van der Waals surface area contributed by atoms with Crippen LogP contribution in [-0.2, 0) is 35.4 Å². The number of hydrogen-bond donors (Lipinski definition) is 5. The summed E-state index contributed by atoms with van der Waals surface area (Å²) in [6.07, 6.45) is 2.40. The van der Waals surface area contributed by atoms with E-state index in [1.54, 1.807) is 4.72 Å². The second-order valence-corrected chi connectivity index (χ2v) is 9.27. The molecule has 1 fully saturated rings. The van der Waals surface area contributed by atoms with E-state index in [0.717, 1.165) is 4.90 Å². The first-order valence-electron chi connectivity index (χ1n) is 10.7. The van der Waals surface area contributed by atoms with Crippen molar-refractivity contribution in [3.05, 3.63) is 12.7 Å². The van der Waals surface area contributed by atoms with Gasteiger partial charge >= 0.3 is 16.3 Å². The number of carbonyl (C=O) groups is 3. The summed E-state index contributed by atoms with van der Waals surface area (Å²) in [4.78, 5) is 49.6. The first-order valence-corrected chi connectivity index (χ1v) is 12.1. The van der Waals surface area contributed by atoms with Gasteiger partial charge in [0.05, 0.1) is 18.5 Å². The Morgan fingerprint density at radius 3 is 2.69 bits per heavy atom. The number of nitrogen functional groups attached to an aromatic ring is 1. The van der Waals surface area contributed by atoms with Crippen molar-refractivity contribution in [1.29, 1.82) is 0 Å². The molecule has 192 valence electrons. The van der Waals surface area contributed by atoms with E-state index in [-0.39, 0.29) is 42.9 Å². The van der Waals surface area contributed by atoms with Gasteiger partial charge in [0.25, 0.3) is 5.91 Å². The predicted molar refractivity (Wildman–Crippen MR) is 120 cm³/mol. The molecule has 17 heteroatoms. The van der Waals surface area contributed by atoms with Crippen molar-refractivity contribution in [2.45, 2.75) is 50.4 Å². The molecule has 2 amide bonds. The third kappa shape index (κ3) is 6.38. The molecular weight excluding hydrogens is 486 g/mol. The van der Waals surface area contributed by atoms with Crippen LogP contribution in [-0.4, -0.2) is 87.0 Å². The summed E-state index contributed by atoms with van der Waals surface area (Å²) < 4.78 is 32.7. The highest BCUT2D eigenvalue weighted by molar-refractivity contribution is 7.85. The fourth-order valence-electron chi connectivity index (χ4n) is 3.67. The van der Waals surface area contributed by atoms with Crippen LogP contribution >= 0.6 is 0 Å². The summed E-state index contributed by atoms with van der Waals surface area (Å²) in [5, 5.41) is 9.55. The maximum absolute atomic E-state index is 12.9. The molecule has 0 spiro atoms. The molecule has 0 aliphatic carbocycles. The van der Waals surface area contributed by atoms with Crippen LogP contribution in [0.15, 0.2) is 12.7 Å². The number of aromatic nitrogens is 4. The van der Waals surface area contributed by atoms with E-state index in [2.05, 4.69) is 15.0 Å². The zero-order chi connectivity index (χ0) is 25.8. The summed E-state index contributed by atoms with van der Waals surface area (Å²) in [7, 11) is -4.60. The molecule has 1 saturated heterocycles. The van der Waals surface area contributed by atoms with Gasteiger partial charge in [-0.25, -0.2) is 28.7 Å². The van der Waals surface area contributed by atoms with Crippen LogP contribution in [0.2, 0.25) is 0 Å². The van der Waals surface area contributed by atoms with Gasteiger partial charge in [-0.2, -0.15) is 8.42 Å². The van der Waals surface area contributed by atoms with Crippen LogP contribution in [0.25, 0.3) is 11.2 Å². The molecule has 0 bridgehead atoms. The highest BCUT2D eigenvalue weighted by atomic mass is 32.2. The molecule has 2 aromatic heterocycles. The molecule has 3 rings (SSSR count). The third-order valence-electron chi connectivity index (χ3n) is 5.40. The SMILES string of the molecule is NCCCC[C@H](N)C(=O)NS(=O)(=O)O[C@@H]1C[C@@H](C(=O)O)N(C(=O)Cn2cnc3c(N)ncnc32)C1. The maximum atomic E-state index is 12.9. The molecule has 0 unspecified atom stereocenters. The molecule has 16 nitrogen and oxygen atoms in total. The lowest BCUT2D eigenvalue weighted by Gasteiger charge is -2.21. The number of fused-ring (bicyclic) bond motifs is 1. The van der Waals surface area contributed by atoms with Crippen LogP contribution in [0.1, 0.15) is 25.7 Å². The molecule has 0 radical (unpaired) electrons. The van der Waals surface area contributed by atoms with E-state index >= 15 is 0 Å². The third-order valence-corrected chi connectivity index (χ3v) is 6.37. The number of rotatable bonds is 11. The number of carbonyl (C=O) groups excluding carboxylic acids is 2. The van der Waals surface area contributed by atoms with E-state index in [9.17, 15) is 27.9 Å². The lowest BCUT2D eigenvalue weighted by atomic mass is 10.1. The van der Waals surface area contributed by atoms with Crippen molar-refractivity contribution in [2.75, 3.05) is 18.8 Å². The Bertz CT molecular complexity index is 1200. The monoisotopic (exact) mass is 513 g/mol. The molecule has 1 aliphatic rings. The van der Waals surface area contributed by atoms with Gasteiger partial charge in [0.15, 0.2) is 11.5 Å². The highest BCUT2D eigenvalue weighted by Crippen LogP contribution is 2.23. The van der Waals surface area contributed by atoms with Gasteiger partial charge in [0.1, 0.15) is 24.4 Å². The van der Waals surface area contributed by atoms with E-state index in [0.29, 0.717) is 19.4 Å². The molecule has 35 heavy (non-hydrogen) atoms. The summed E-state index contributed by atoms with van der Waals surface area (Å²) >= 11 is 0. The first-order chi connectivity index (χ1) is 16.5. The number of carboxylic acid groups (broad SMARTS) is 1. The lowest BCUT2D eigenvalue weighted by Crippen LogP contribution is -2.45. The summed E-state index contributed by atoms with van der Waals surface area (Å²) in [5.41, 5.74) is 17.3. The Kier molecular flexibility index (Phi) is 8.15. The number of anilines is 1. The van der Waals surface area contributed by atoms with E-state index in [4.69, 9.17) is 21.4 Å².